The quantitative estimate of drug-likeness (QED) is 0.854. The number of nitrogens with zero attached hydrogens (tertiary/aromatic N) is 5. The zero-order valence-corrected chi connectivity index (χ0v) is 11.0. The Balaban J connectivity index is 2.35. The van der Waals surface area contributed by atoms with Crippen LogP contribution in [0.25, 0.3) is 11.3 Å². The smallest absolute Gasteiger partial charge is 0.225 e. The lowest BCUT2D eigenvalue weighted by molar-refractivity contribution is 0.756. The van der Waals surface area contributed by atoms with Gasteiger partial charge in [-0.1, -0.05) is 0 Å². The Morgan fingerprint density at radius 1 is 1.44 bits per heavy atom. The molecule has 2 heterocycles. The normalized spacial score (nSPS) is 10.7. The second-order valence-electron chi connectivity index (χ2n) is 4.25. The number of hydrogen-bond donors (Lipinski definition) is 1. The highest BCUT2D eigenvalue weighted by Gasteiger charge is 2.10. The fraction of sp³-hybridized carbons (Fsp3) is 0.417. The summed E-state index contributed by atoms with van der Waals surface area (Å²) < 4.78 is 1.79. The molecule has 0 aromatic carbocycles. The summed E-state index contributed by atoms with van der Waals surface area (Å²) in [6.07, 6.45) is 3.72. The summed E-state index contributed by atoms with van der Waals surface area (Å²) in [6.45, 7) is 3.28. The lowest BCUT2D eigenvalue weighted by atomic mass is 10.2. The van der Waals surface area contributed by atoms with E-state index >= 15 is 0 Å². The van der Waals surface area contributed by atoms with Gasteiger partial charge in [-0.15, -0.1) is 0 Å². The number of hydrogen-bond acceptors (Lipinski definition) is 5. The van der Waals surface area contributed by atoms with Gasteiger partial charge in [0.15, 0.2) is 0 Å². The number of likely N-dealkylation sites (N-methyl/N-ethyl adjacent to an activating group) is 1. The molecule has 0 aliphatic carbocycles. The van der Waals surface area contributed by atoms with E-state index < -0.39 is 0 Å². The Bertz CT molecular complexity index is 533. The average molecular weight is 246 g/mol. The van der Waals surface area contributed by atoms with Crippen LogP contribution < -0.4 is 10.6 Å². The molecule has 2 aromatic rings. The molecule has 0 fully saturated rings. The Morgan fingerprint density at radius 2 is 2.22 bits per heavy atom. The monoisotopic (exact) mass is 246 g/mol. The highest BCUT2D eigenvalue weighted by atomic mass is 15.3. The molecule has 0 unspecified atom stereocenters. The van der Waals surface area contributed by atoms with Crippen LogP contribution >= 0.6 is 0 Å². The van der Waals surface area contributed by atoms with E-state index in [-0.39, 0.29) is 0 Å². The van der Waals surface area contributed by atoms with E-state index in [0.29, 0.717) is 12.5 Å². The number of anilines is 1. The number of rotatable bonds is 4. The Labute approximate surface area is 106 Å². The molecule has 0 aliphatic rings. The molecule has 0 amide bonds. The Kier molecular flexibility index (Phi) is 3.57. The first kappa shape index (κ1) is 12.5. The fourth-order valence-electron chi connectivity index (χ4n) is 1.83. The van der Waals surface area contributed by atoms with Gasteiger partial charge >= 0.3 is 0 Å². The first-order valence-electron chi connectivity index (χ1n) is 5.86. The van der Waals surface area contributed by atoms with E-state index in [9.17, 15) is 0 Å². The van der Waals surface area contributed by atoms with Crippen LogP contribution in [0.4, 0.5) is 5.95 Å². The van der Waals surface area contributed by atoms with Gasteiger partial charge in [0.2, 0.25) is 5.95 Å². The van der Waals surface area contributed by atoms with Gasteiger partial charge in [-0.3, -0.25) is 4.68 Å². The first-order valence-corrected chi connectivity index (χ1v) is 5.86. The average Bonchev–Trinajstić information content (AvgIpc) is 2.69. The van der Waals surface area contributed by atoms with Gasteiger partial charge in [-0.25, -0.2) is 9.97 Å². The van der Waals surface area contributed by atoms with Gasteiger partial charge < -0.3 is 10.6 Å². The van der Waals surface area contributed by atoms with Crippen molar-refractivity contribution in [2.75, 3.05) is 25.0 Å². The highest BCUT2D eigenvalue weighted by molar-refractivity contribution is 5.61. The molecule has 2 N–H and O–H groups in total. The molecule has 0 spiro atoms. The van der Waals surface area contributed by atoms with E-state index in [4.69, 9.17) is 5.73 Å². The third kappa shape index (κ3) is 2.48. The predicted octanol–water partition coefficient (Wildman–Crippen LogP) is 0.580. The summed E-state index contributed by atoms with van der Waals surface area (Å²) in [5, 5.41) is 4.32. The largest absolute Gasteiger partial charge is 0.343 e. The minimum atomic E-state index is 0.579. The summed E-state index contributed by atoms with van der Waals surface area (Å²) in [5.41, 5.74) is 8.41. The van der Waals surface area contributed by atoms with E-state index in [1.165, 1.54) is 0 Å². The fourth-order valence-corrected chi connectivity index (χ4v) is 1.83. The minimum Gasteiger partial charge on any atom is -0.343 e. The van der Waals surface area contributed by atoms with Crippen molar-refractivity contribution in [2.45, 2.75) is 6.92 Å². The lowest BCUT2D eigenvalue weighted by Gasteiger charge is -2.15. The van der Waals surface area contributed by atoms with Gasteiger partial charge in [-0.2, -0.15) is 5.10 Å². The second kappa shape index (κ2) is 5.14. The molecule has 0 bridgehead atoms. The first-order chi connectivity index (χ1) is 8.61. The van der Waals surface area contributed by atoms with Crippen LogP contribution in [0.1, 0.15) is 5.69 Å². The summed E-state index contributed by atoms with van der Waals surface area (Å²) in [7, 11) is 3.83. The maximum absolute atomic E-state index is 5.53. The summed E-state index contributed by atoms with van der Waals surface area (Å²) in [5.74, 6) is 0.682. The molecule has 6 nitrogen and oxygen atoms in total. The van der Waals surface area contributed by atoms with Gasteiger partial charge in [0.1, 0.15) is 0 Å². The SMILES string of the molecule is Cc1nn(C)cc1-c1ccnc(N(C)CCN)n1. The number of nitrogens with two attached hydrogens (primary N) is 1. The molecule has 0 atom stereocenters. The molecule has 0 aliphatic heterocycles. The summed E-state index contributed by atoms with van der Waals surface area (Å²) in [6, 6.07) is 1.89. The predicted molar refractivity (Wildman–Crippen MR) is 71.3 cm³/mol. The molecule has 96 valence electrons. The summed E-state index contributed by atoms with van der Waals surface area (Å²) >= 11 is 0. The molecular formula is C12H18N6. The Morgan fingerprint density at radius 3 is 2.83 bits per heavy atom. The zero-order valence-electron chi connectivity index (χ0n) is 11.0. The standard InChI is InChI=1S/C12H18N6/c1-9-10(8-18(3)16-9)11-4-6-14-12(15-11)17(2)7-5-13/h4,6,8H,5,7,13H2,1-3H3. The maximum Gasteiger partial charge on any atom is 0.225 e. The van der Waals surface area contributed by atoms with Crippen LogP contribution in [-0.4, -0.2) is 39.9 Å². The molecule has 2 aromatic heterocycles. The third-order valence-corrected chi connectivity index (χ3v) is 2.74. The maximum atomic E-state index is 5.53. The van der Waals surface area contributed by atoms with Gasteiger partial charge in [0, 0.05) is 45.1 Å². The topological polar surface area (TPSA) is 72.9 Å². The van der Waals surface area contributed by atoms with Crippen molar-refractivity contribution >= 4 is 5.95 Å². The van der Waals surface area contributed by atoms with E-state index in [1.54, 1.807) is 10.9 Å². The van der Waals surface area contributed by atoms with Crippen molar-refractivity contribution in [3.8, 4) is 11.3 Å². The molecular weight excluding hydrogens is 228 g/mol. The van der Waals surface area contributed by atoms with Crippen LogP contribution in [0.2, 0.25) is 0 Å². The third-order valence-electron chi connectivity index (χ3n) is 2.74. The van der Waals surface area contributed by atoms with Crippen LogP contribution in [0.15, 0.2) is 18.5 Å². The van der Waals surface area contributed by atoms with Gasteiger partial charge in [0.25, 0.3) is 0 Å². The summed E-state index contributed by atoms with van der Waals surface area (Å²) in [4.78, 5) is 10.7. The lowest BCUT2D eigenvalue weighted by Crippen LogP contribution is -2.26. The second-order valence-corrected chi connectivity index (χ2v) is 4.25. The van der Waals surface area contributed by atoms with Gasteiger partial charge in [0.05, 0.1) is 11.4 Å². The minimum absolute atomic E-state index is 0.579. The van der Waals surface area contributed by atoms with E-state index in [2.05, 4.69) is 15.1 Å². The van der Waals surface area contributed by atoms with Crippen molar-refractivity contribution in [3.63, 3.8) is 0 Å². The van der Waals surface area contributed by atoms with Crippen LogP contribution in [0, 0.1) is 6.92 Å². The highest BCUT2D eigenvalue weighted by Crippen LogP contribution is 2.21. The number of aryl methyl sites for hydroxylation is 2. The van der Waals surface area contributed by atoms with E-state index in [0.717, 1.165) is 23.5 Å². The molecule has 18 heavy (non-hydrogen) atoms. The van der Waals surface area contributed by atoms with Gasteiger partial charge in [-0.05, 0) is 13.0 Å². The molecule has 0 saturated carbocycles. The molecule has 0 radical (unpaired) electrons. The van der Waals surface area contributed by atoms with Crippen molar-refractivity contribution in [2.24, 2.45) is 12.8 Å². The van der Waals surface area contributed by atoms with Crippen molar-refractivity contribution in [1.29, 1.82) is 0 Å². The van der Waals surface area contributed by atoms with Crippen molar-refractivity contribution in [1.82, 2.24) is 19.7 Å². The zero-order chi connectivity index (χ0) is 13.1. The van der Waals surface area contributed by atoms with Crippen LogP contribution in [-0.2, 0) is 7.05 Å². The Hall–Kier alpha value is -1.95. The van der Waals surface area contributed by atoms with E-state index in [1.807, 2.05) is 38.2 Å². The van der Waals surface area contributed by atoms with Crippen molar-refractivity contribution < 1.29 is 0 Å². The van der Waals surface area contributed by atoms with Crippen molar-refractivity contribution in [3.05, 3.63) is 24.2 Å². The molecule has 0 saturated heterocycles. The molecule has 6 heteroatoms. The van der Waals surface area contributed by atoms with Crippen LogP contribution in [0.3, 0.4) is 0 Å². The molecule has 2 rings (SSSR count). The number of aromatic nitrogens is 4. The van der Waals surface area contributed by atoms with Crippen LogP contribution in [0.5, 0.6) is 0 Å².